The van der Waals surface area contributed by atoms with Crippen molar-refractivity contribution in [3.05, 3.63) is 59.5 Å². The van der Waals surface area contributed by atoms with E-state index in [9.17, 15) is 18.0 Å². The van der Waals surface area contributed by atoms with Gasteiger partial charge in [-0.25, -0.2) is 13.4 Å². The maximum absolute atomic E-state index is 12.4. The Balaban J connectivity index is 1.61. The fourth-order valence-electron chi connectivity index (χ4n) is 2.91. The molecule has 2 aromatic carbocycles. The fourth-order valence-corrected chi connectivity index (χ4v) is 5.12. The highest BCUT2D eigenvalue weighted by Crippen LogP contribution is 2.31. The zero-order valence-corrected chi connectivity index (χ0v) is 18.8. The summed E-state index contributed by atoms with van der Waals surface area (Å²) in [6.07, 6.45) is 0.182. The van der Waals surface area contributed by atoms with E-state index in [1.54, 1.807) is 12.1 Å². The summed E-state index contributed by atoms with van der Waals surface area (Å²) in [5.74, 6) is -0.0733. The standard InChI is InChI=1S/C22H22N2O5S2/c1-15(25)21-20(16-7-4-3-5-8-16)24-22(30-21)23-19(26)9-6-14-31(27,28)18-12-10-17(29-2)11-13-18/h3-5,7-8,10-13H,6,9,14H2,1-2H3,(H,23,24,26). The molecular weight excluding hydrogens is 436 g/mol. The van der Waals surface area contributed by atoms with E-state index in [2.05, 4.69) is 10.3 Å². The molecule has 9 heteroatoms. The molecule has 7 nitrogen and oxygen atoms in total. The largest absolute Gasteiger partial charge is 0.497 e. The Labute approximate surface area is 185 Å². The van der Waals surface area contributed by atoms with Gasteiger partial charge in [-0.05, 0) is 30.7 Å². The number of nitrogens with one attached hydrogen (secondary N) is 1. The summed E-state index contributed by atoms with van der Waals surface area (Å²) >= 11 is 1.11. The lowest BCUT2D eigenvalue weighted by molar-refractivity contribution is -0.116. The predicted octanol–water partition coefficient (Wildman–Crippen LogP) is 4.21. The molecule has 0 bridgehead atoms. The molecule has 0 saturated carbocycles. The lowest BCUT2D eigenvalue weighted by Crippen LogP contribution is -2.14. The van der Waals surface area contributed by atoms with Gasteiger partial charge in [-0.2, -0.15) is 0 Å². The van der Waals surface area contributed by atoms with Gasteiger partial charge in [-0.15, -0.1) is 0 Å². The highest BCUT2D eigenvalue weighted by atomic mass is 32.2. The van der Waals surface area contributed by atoms with Crippen LogP contribution in [0.4, 0.5) is 5.13 Å². The molecule has 0 atom stereocenters. The first-order valence-electron chi connectivity index (χ1n) is 9.54. The number of thiazole rings is 1. The molecule has 31 heavy (non-hydrogen) atoms. The van der Waals surface area contributed by atoms with Crippen LogP contribution in [0.1, 0.15) is 29.4 Å². The Hall–Kier alpha value is -3.04. The average molecular weight is 459 g/mol. The van der Waals surface area contributed by atoms with Gasteiger partial charge in [0.05, 0.1) is 28.3 Å². The molecule has 1 aromatic heterocycles. The average Bonchev–Trinajstić information content (AvgIpc) is 3.18. The smallest absolute Gasteiger partial charge is 0.226 e. The van der Waals surface area contributed by atoms with E-state index in [0.29, 0.717) is 21.5 Å². The van der Waals surface area contributed by atoms with Gasteiger partial charge in [0.2, 0.25) is 5.91 Å². The molecule has 0 radical (unpaired) electrons. The van der Waals surface area contributed by atoms with Crippen molar-refractivity contribution in [1.82, 2.24) is 4.98 Å². The van der Waals surface area contributed by atoms with Crippen LogP contribution < -0.4 is 10.1 Å². The summed E-state index contributed by atoms with van der Waals surface area (Å²) in [6, 6.07) is 15.4. The number of anilines is 1. The number of carbonyl (C=O) groups is 2. The molecule has 0 spiro atoms. The molecule has 1 N–H and O–H groups in total. The third-order valence-corrected chi connectivity index (χ3v) is 7.36. The molecule has 0 aliphatic carbocycles. The van der Waals surface area contributed by atoms with Crippen LogP contribution in [0.15, 0.2) is 59.5 Å². The van der Waals surface area contributed by atoms with E-state index in [1.807, 2.05) is 30.3 Å². The number of hydrogen-bond donors (Lipinski definition) is 1. The number of hydrogen-bond acceptors (Lipinski definition) is 7. The van der Waals surface area contributed by atoms with Crippen molar-refractivity contribution in [3.8, 4) is 17.0 Å². The van der Waals surface area contributed by atoms with E-state index in [0.717, 1.165) is 16.9 Å². The second kappa shape index (κ2) is 9.84. The molecule has 0 saturated heterocycles. The molecule has 0 aliphatic heterocycles. The van der Waals surface area contributed by atoms with E-state index < -0.39 is 9.84 Å². The predicted molar refractivity (Wildman–Crippen MR) is 120 cm³/mol. The minimum absolute atomic E-state index is 0.0189. The number of methoxy groups -OCH3 is 1. The van der Waals surface area contributed by atoms with Crippen LogP contribution in [0.3, 0.4) is 0 Å². The van der Waals surface area contributed by atoms with Crippen LogP contribution in [0.25, 0.3) is 11.3 Å². The summed E-state index contributed by atoms with van der Waals surface area (Å²) in [5.41, 5.74) is 1.31. The van der Waals surface area contributed by atoms with Gasteiger partial charge in [0.15, 0.2) is 20.8 Å². The number of benzene rings is 2. The van der Waals surface area contributed by atoms with Crippen molar-refractivity contribution in [2.24, 2.45) is 0 Å². The Bertz CT molecular complexity index is 1170. The number of nitrogens with zero attached hydrogens (tertiary/aromatic N) is 1. The lowest BCUT2D eigenvalue weighted by Gasteiger charge is -2.06. The quantitative estimate of drug-likeness (QED) is 0.482. The van der Waals surface area contributed by atoms with E-state index >= 15 is 0 Å². The van der Waals surface area contributed by atoms with Gasteiger partial charge in [0.1, 0.15) is 5.75 Å². The zero-order valence-electron chi connectivity index (χ0n) is 17.1. The first-order chi connectivity index (χ1) is 14.8. The van der Waals surface area contributed by atoms with Crippen LogP contribution in [0, 0.1) is 0 Å². The Morgan fingerprint density at radius 2 is 1.74 bits per heavy atom. The number of carbonyl (C=O) groups excluding carboxylic acids is 2. The molecule has 3 rings (SSSR count). The normalized spacial score (nSPS) is 11.2. The van der Waals surface area contributed by atoms with Crippen molar-refractivity contribution in [3.63, 3.8) is 0 Å². The molecule has 0 unspecified atom stereocenters. The highest BCUT2D eigenvalue weighted by Gasteiger charge is 2.19. The molecule has 1 amide bonds. The van der Waals surface area contributed by atoms with Crippen LogP contribution in [0.5, 0.6) is 5.75 Å². The topological polar surface area (TPSA) is 102 Å². The van der Waals surface area contributed by atoms with Crippen molar-refractivity contribution in [2.45, 2.75) is 24.7 Å². The van der Waals surface area contributed by atoms with E-state index in [4.69, 9.17) is 4.74 Å². The number of amides is 1. The molecule has 3 aromatic rings. The summed E-state index contributed by atoms with van der Waals surface area (Å²) in [4.78, 5) is 29.3. The maximum atomic E-state index is 12.4. The SMILES string of the molecule is COc1ccc(S(=O)(=O)CCCC(=O)Nc2nc(-c3ccccc3)c(C(C)=O)s2)cc1. The maximum Gasteiger partial charge on any atom is 0.226 e. The van der Waals surface area contributed by atoms with Crippen molar-refractivity contribution >= 4 is 38.0 Å². The Morgan fingerprint density at radius 3 is 2.35 bits per heavy atom. The highest BCUT2D eigenvalue weighted by molar-refractivity contribution is 7.91. The minimum atomic E-state index is -3.50. The van der Waals surface area contributed by atoms with Gasteiger partial charge >= 0.3 is 0 Å². The summed E-state index contributed by atoms with van der Waals surface area (Å²) in [5, 5.41) is 2.99. The van der Waals surface area contributed by atoms with Crippen molar-refractivity contribution in [2.75, 3.05) is 18.2 Å². The van der Waals surface area contributed by atoms with E-state index in [1.165, 1.54) is 26.2 Å². The lowest BCUT2D eigenvalue weighted by atomic mass is 10.1. The number of ether oxygens (including phenoxy) is 1. The van der Waals surface area contributed by atoms with Crippen LogP contribution in [-0.2, 0) is 14.6 Å². The van der Waals surface area contributed by atoms with Gasteiger partial charge in [-0.3, -0.25) is 9.59 Å². The first-order valence-corrected chi connectivity index (χ1v) is 12.0. The van der Waals surface area contributed by atoms with Crippen LogP contribution >= 0.6 is 11.3 Å². The van der Waals surface area contributed by atoms with Crippen molar-refractivity contribution < 1.29 is 22.7 Å². The molecule has 0 aliphatic rings. The monoisotopic (exact) mass is 458 g/mol. The number of rotatable bonds is 9. The second-order valence-corrected chi connectivity index (χ2v) is 9.87. The van der Waals surface area contributed by atoms with Crippen LogP contribution in [-0.4, -0.2) is 38.0 Å². The minimum Gasteiger partial charge on any atom is -0.497 e. The number of Topliss-reactive ketones (excluding diaryl/α,β-unsaturated/α-hetero) is 1. The summed E-state index contributed by atoms with van der Waals surface area (Å²) in [6.45, 7) is 1.45. The molecule has 162 valence electrons. The van der Waals surface area contributed by atoms with Gasteiger partial charge < -0.3 is 10.1 Å². The van der Waals surface area contributed by atoms with Gasteiger partial charge in [0.25, 0.3) is 0 Å². The Kier molecular flexibility index (Phi) is 7.19. The second-order valence-electron chi connectivity index (χ2n) is 6.77. The third kappa shape index (κ3) is 5.77. The number of aromatic nitrogens is 1. The van der Waals surface area contributed by atoms with Crippen LogP contribution in [0.2, 0.25) is 0 Å². The fraction of sp³-hybridized carbons (Fsp3) is 0.227. The number of ketones is 1. The van der Waals surface area contributed by atoms with Crippen molar-refractivity contribution in [1.29, 1.82) is 0 Å². The number of sulfone groups is 1. The Morgan fingerprint density at radius 1 is 1.06 bits per heavy atom. The van der Waals surface area contributed by atoms with Gasteiger partial charge in [-0.1, -0.05) is 41.7 Å². The zero-order chi connectivity index (χ0) is 22.4. The van der Waals surface area contributed by atoms with E-state index in [-0.39, 0.29) is 35.2 Å². The first kappa shape index (κ1) is 22.6. The molecular formula is C22H22N2O5S2. The molecule has 0 fully saturated rings. The van der Waals surface area contributed by atoms with Gasteiger partial charge in [0, 0.05) is 18.9 Å². The third-order valence-electron chi connectivity index (χ3n) is 4.48. The summed E-state index contributed by atoms with van der Waals surface area (Å²) in [7, 11) is -1.99. The summed E-state index contributed by atoms with van der Waals surface area (Å²) < 4.78 is 29.9. The molecule has 1 heterocycles.